The van der Waals surface area contributed by atoms with Crippen LogP contribution in [0.5, 0.6) is 0 Å². The van der Waals surface area contributed by atoms with E-state index in [0.717, 1.165) is 53.7 Å². The third kappa shape index (κ3) is 4.58. The fourth-order valence-electron chi connectivity index (χ4n) is 3.18. The summed E-state index contributed by atoms with van der Waals surface area (Å²) >= 11 is 7.96. The summed E-state index contributed by atoms with van der Waals surface area (Å²) in [6, 6.07) is 2.22. The van der Waals surface area contributed by atoms with Crippen LogP contribution in [0.25, 0.3) is 0 Å². The van der Waals surface area contributed by atoms with Crippen LogP contribution in [0, 0.1) is 11.3 Å². The number of thiazole rings is 1. The maximum atomic E-state index is 9.50. The molecule has 0 saturated heterocycles. The van der Waals surface area contributed by atoms with Gasteiger partial charge in [0.25, 0.3) is 0 Å². The van der Waals surface area contributed by atoms with Gasteiger partial charge in [0, 0.05) is 37.7 Å². The number of rotatable bonds is 7. The second-order valence-electron chi connectivity index (χ2n) is 6.90. The van der Waals surface area contributed by atoms with E-state index in [1.165, 1.54) is 0 Å². The number of pyridine rings is 1. The first-order valence-corrected chi connectivity index (χ1v) is 10.3. The van der Waals surface area contributed by atoms with E-state index in [1.54, 1.807) is 18.4 Å². The summed E-state index contributed by atoms with van der Waals surface area (Å²) in [4.78, 5) is 11.5. The molecule has 0 saturated carbocycles. The Morgan fingerprint density at radius 3 is 2.89 bits per heavy atom. The van der Waals surface area contributed by atoms with Crippen molar-refractivity contribution in [1.29, 1.82) is 5.26 Å². The summed E-state index contributed by atoms with van der Waals surface area (Å²) in [5, 5.41) is 16.3. The van der Waals surface area contributed by atoms with Crippen molar-refractivity contribution in [3.8, 4) is 6.07 Å². The average molecular weight is 406 g/mol. The number of nitrogens with zero attached hydrogens (tertiary/aromatic N) is 4. The molecule has 0 amide bonds. The Morgan fingerprint density at radius 1 is 1.41 bits per heavy atom. The standard InChI is InChI=1S/C19H24ClN5OS/c1-12(2)16-11-27-17(23-16)10-25-6-4-13-14(8-21)18(20)24-19(15(13)9-25)22-5-7-26-3/h11-12H,4-7,9-10H2,1-3H3,(H,22,24). The largest absolute Gasteiger partial charge is 0.383 e. The van der Waals surface area contributed by atoms with Gasteiger partial charge < -0.3 is 10.1 Å². The van der Waals surface area contributed by atoms with Crippen LogP contribution in [0.1, 0.15) is 47.2 Å². The van der Waals surface area contributed by atoms with Crippen LogP contribution < -0.4 is 5.32 Å². The van der Waals surface area contributed by atoms with E-state index in [-0.39, 0.29) is 5.15 Å². The minimum Gasteiger partial charge on any atom is -0.383 e. The maximum absolute atomic E-state index is 9.50. The highest BCUT2D eigenvalue weighted by Crippen LogP contribution is 2.32. The molecule has 1 aliphatic heterocycles. The molecule has 1 N–H and O–H groups in total. The first-order chi connectivity index (χ1) is 13.0. The van der Waals surface area contributed by atoms with Crippen LogP contribution in [0.3, 0.4) is 0 Å². The van der Waals surface area contributed by atoms with Crippen LogP contribution in [-0.2, 0) is 24.2 Å². The van der Waals surface area contributed by atoms with Crippen LogP contribution in [-0.4, -0.2) is 41.7 Å². The van der Waals surface area contributed by atoms with Crippen molar-refractivity contribution in [1.82, 2.24) is 14.9 Å². The summed E-state index contributed by atoms with van der Waals surface area (Å²) in [5.41, 5.74) is 3.71. The van der Waals surface area contributed by atoms with Gasteiger partial charge in [-0.1, -0.05) is 25.4 Å². The SMILES string of the molecule is COCCNc1nc(Cl)c(C#N)c2c1CN(Cc1nc(C(C)C)cs1)CC2. The van der Waals surface area contributed by atoms with Gasteiger partial charge in [0.2, 0.25) is 0 Å². The van der Waals surface area contributed by atoms with Crippen molar-refractivity contribution in [3.63, 3.8) is 0 Å². The Hall–Kier alpha value is -1.72. The number of anilines is 1. The number of aromatic nitrogens is 2. The summed E-state index contributed by atoms with van der Waals surface area (Å²) in [6.07, 6.45) is 0.780. The van der Waals surface area contributed by atoms with E-state index in [0.29, 0.717) is 24.6 Å². The molecular formula is C19H24ClN5OS. The second-order valence-corrected chi connectivity index (χ2v) is 8.20. The third-order valence-corrected chi connectivity index (χ3v) is 5.78. The van der Waals surface area contributed by atoms with Gasteiger partial charge in [-0.25, -0.2) is 9.97 Å². The summed E-state index contributed by atoms with van der Waals surface area (Å²) in [7, 11) is 1.66. The van der Waals surface area contributed by atoms with Crippen LogP contribution in [0.15, 0.2) is 5.38 Å². The van der Waals surface area contributed by atoms with Gasteiger partial charge >= 0.3 is 0 Å². The molecule has 0 atom stereocenters. The third-order valence-electron chi connectivity index (χ3n) is 4.66. The summed E-state index contributed by atoms with van der Waals surface area (Å²) < 4.78 is 5.11. The van der Waals surface area contributed by atoms with Crippen molar-refractivity contribution < 1.29 is 4.74 Å². The number of halogens is 1. The minimum absolute atomic E-state index is 0.270. The molecule has 8 heteroatoms. The molecule has 0 fully saturated rings. The smallest absolute Gasteiger partial charge is 0.149 e. The van der Waals surface area contributed by atoms with E-state index in [9.17, 15) is 5.26 Å². The molecule has 3 heterocycles. The molecule has 27 heavy (non-hydrogen) atoms. The molecule has 1 aliphatic rings. The predicted octanol–water partition coefficient (Wildman–Crippen LogP) is 3.80. The molecule has 0 unspecified atom stereocenters. The van der Waals surface area contributed by atoms with Gasteiger partial charge in [0.15, 0.2) is 0 Å². The molecule has 3 rings (SSSR count). The van der Waals surface area contributed by atoms with Gasteiger partial charge in [-0.3, -0.25) is 4.90 Å². The Labute approximate surface area is 169 Å². The van der Waals surface area contributed by atoms with E-state index < -0.39 is 0 Å². The maximum Gasteiger partial charge on any atom is 0.149 e. The number of nitriles is 1. The fraction of sp³-hybridized carbons (Fsp3) is 0.526. The van der Waals surface area contributed by atoms with Crippen molar-refractivity contribution in [2.75, 3.05) is 32.1 Å². The number of hydrogen-bond donors (Lipinski definition) is 1. The van der Waals surface area contributed by atoms with E-state index in [1.807, 2.05) is 0 Å². The summed E-state index contributed by atoms with van der Waals surface area (Å²) in [5.74, 6) is 1.19. The number of hydrogen-bond acceptors (Lipinski definition) is 7. The Bertz CT molecular complexity index is 845. The van der Waals surface area contributed by atoms with E-state index >= 15 is 0 Å². The van der Waals surface area contributed by atoms with Crippen LogP contribution in [0.4, 0.5) is 5.82 Å². The van der Waals surface area contributed by atoms with Gasteiger partial charge in [0.05, 0.1) is 24.4 Å². The Morgan fingerprint density at radius 2 is 2.22 bits per heavy atom. The Kier molecular flexibility index (Phi) is 6.66. The van der Waals surface area contributed by atoms with E-state index in [4.69, 9.17) is 21.3 Å². The molecule has 0 spiro atoms. The Balaban J connectivity index is 1.82. The number of ether oxygens (including phenoxy) is 1. The summed E-state index contributed by atoms with van der Waals surface area (Å²) in [6.45, 7) is 7.94. The molecule has 0 bridgehead atoms. The molecule has 0 aliphatic carbocycles. The van der Waals surface area contributed by atoms with E-state index in [2.05, 4.69) is 40.5 Å². The zero-order valence-electron chi connectivity index (χ0n) is 15.9. The molecule has 0 aromatic carbocycles. The van der Waals surface area contributed by atoms with Crippen LogP contribution in [0.2, 0.25) is 5.15 Å². The van der Waals surface area contributed by atoms with Gasteiger partial charge in [-0.05, 0) is 17.9 Å². The average Bonchev–Trinajstić information content (AvgIpc) is 3.11. The van der Waals surface area contributed by atoms with Crippen LogP contribution >= 0.6 is 22.9 Å². The molecular weight excluding hydrogens is 382 g/mol. The van der Waals surface area contributed by atoms with Gasteiger partial charge in [-0.2, -0.15) is 5.26 Å². The highest BCUT2D eigenvalue weighted by Gasteiger charge is 2.25. The lowest BCUT2D eigenvalue weighted by molar-refractivity contribution is 0.210. The van der Waals surface area contributed by atoms with Crippen molar-refractivity contribution >= 4 is 28.8 Å². The monoisotopic (exact) mass is 405 g/mol. The highest BCUT2D eigenvalue weighted by atomic mass is 35.5. The number of fused-ring (bicyclic) bond motifs is 1. The molecule has 6 nitrogen and oxygen atoms in total. The lowest BCUT2D eigenvalue weighted by atomic mass is 9.96. The van der Waals surface area contributed by atoms with Crippen molar-refractivity contribution in [3.05, 3.63) is 37.9 Å². The first kappa shape index (κ1) is 20.0. The predicted molar refractivity (Wildman–Crippen MR) is 108 cm³/mol. The number of nitrogens with one attached hydrogen (secondary N) is 1. The minimum atomic E-state index is 0.270. The van der Waals surface area contributed by atoms with Gasteiger partial charge in [0.1, 0.15) is 22.0 Å². The van der Waals surface area contributed by atoms with Gasteiger partial charge in [-0.15, -0.1) is 11.3 Å². The van der Waals surface area contributed by atoms with Crippen molar-refractivity contribution in [2.24, 2.45) is 0 Å². The fourth-order valence-corrected chi connectivity index (χ4v) is 4.42. The second kappa shape index (κ2) is 8.98. The molecule has 2 aromatic heterocycles. The lowest BCUT2D eigenvalue weighted by Crippen LogP contribution is -2.32. The normalized spacial score (nSPS) is 14.2. The molecule has 0 radical (unpaired) electrons. The first-order valence-electron chi connectivity index (χ1n) is 9.04. The number of methoxy groups -OCH3 is 1. The quantitative estimate of drug-likeness (QED) is 0.557. The topological polar surface area (TPSA) is 74.1 Å². The van der Waals surface area contributed by atoms with Crippen molar-refractivity contribution in [2.45, 2.75) is 39.3 Å². The zero-order chi connectivity index (χ0) is 19.4. The zero-order valence-corrected chi connectivity index (χ0v) is 17.5. The molecule has 144 valence electrons. The highest BCUT2D eigenvalue weighted by molar-refractivity contribution is 7.09. The lowest BCUT2D eigenvalue weighted by Gasteiger charge is -2.30. The molecule has 2 aromatic rings.